The molecule has 5 rings (SSSR count). The van der Waals surface area contributed by atoms with Gasteiger partial charge in [0.25, 0.3) is 0 Å². The van der Waals surface area contributed by atoms with E-state index >= 15 is 0 Å². The van der Waals surface area contributed by atoms with Crippen LogP contribution < -0.4 is 5.32 Å². The van der Waals surface area contributed by atoms with Crippen molar-refractivity contribution in [2.24, 2.45) is 0 Å². The SMILES string of the molecule is Cc1nc2cc(-c3[nH]c4ccc(C5CCNCC5)cc4c3C(C)C)ccn2n1. The number of rotatable bonds is 3. The molecule has 0 saturated carbocycles. The van der Waals surface area contributed by atoms with Crippen molar-refractivity contribution >= 4 is 16.6 Å². The molecule has 0 atom stereocenters. The van der Waals surface area contributed by atoms with Crippen LogP contribution in [0.1, 0.15) is 55.5 Å². The van der Waals surface area contributed by atoms with Crippen LogP contribution in [-0.2, 0) is 0 Å². The maximum atomic E-state index is 4.54. The molecule has 0 unspecified atom stereocenters. The van der Waals surface area contributed by atoms with E-state index in [-0.39, 0.29) is 0 Å². The minimum atomic E-state index is 0.433. The molecule has 0 aliphatic carbocycles. The molecule has 1 aliphatic heterocycles. The summed E-state index contributed by atoms with van der Waals surface area (Å²) in [7, 11) is 0. The molecule has 1 aromatic carbocycles. The molecule has 0 spiro atoms. The number of piperidine rings is 1. The van der Waals surface area contributed by atoms with Gasteiger partial charge in [-0.3, -0.25) is 0 Å². The molecule has 3 aromatic heterocycles. The smallest absolute Gasteiger partial charge is 0.156 e. The zero-order chi connectivity index (χ0) is 19.3. The van der Waals surface area contributed by atoms with Crippen molar-refractivity contribution in [2.45, 2.75) is 45.4 Å². The molecule has 28 heavy (non-hydrogen) atoms. The zero-order valence-corrected chi connectivity index (χ0v) is 16.8. The van der Waals surface area contributed by atoms with Gasteiger partial charge in [-0.05, 0) is 80.1 Å². The standard InChI is InChI=1S/C23H27N5/c1-14(2)22-19-12-17(16-6-9-24-10-7-16)4-5-20(19)26-23(22)18-8-11-28-21(13-18)25-15(3)27-28/h4-5,8,11-14,16,24,26H,6-7,9-10H2,1-3H3. The minimum Gasteiger partial charge on any atom is -0.354 e. The molecule has 1 aliphatic rings. The van der Waals surface area contributed by atoms with Crippen LogP contribution in [-0.4, -0.2) is 32.7 Å². The number of hydrogen-bond acceptors (Lipinski definition) is 3. The summed E-state index contributed by atoms with van der Waals surface area (Å²) >= 11 is 0. The van der Waals surface area contributed by atoms with Gasteiger partial charge in [0.1, 0.15) is 5.82 Å². The Kier molecular flexibility index (Phi) is 4.20. The number of nitrogens with one attached hydrogen (secondary N) is 2. The van der Waals surface area contributed by atoms with Gasteiger partial charge in [0.05, 0.1) is 5.69 Å². The molecule has 4 aromatic rings. The van der Waals surface area contributed by atoms with Gasteiger partial charge in [-0.15, -0.1) is 0 Å². The maximum Gasteiger partial charge on any atom is 0.156 e. The summed E-state index contributed by atoms with van der Waals surface area (Å²) in [5.41, 5.74) is 7.35. The van der Waals surface area contributed by atoms with Crippen LogP contribution in [0, 0.1) is 6.92 Å². The lowest BCUT2D eigenvalue weighted by Gasteiger charge is -2.23. The second kappa shape index (κ2) is 6.74. The normalized spacial score (nSPS) is 15.9. The second-order valence-electron chi connectivity index (χ2n) is 8.27. The van der Waals surface area contributed by atoms with Crippen LogP contribution in [0.2, 0.25) is 0 Å². The Morgan fingerprint density at radius 1 is 1.11 bits per heavy atom. The van der Waals surface area contributed by atoms with Crippen molar-refractivity contribution in [3.8, 4) is 11.3 Å². The van der Waals surface area contributed by atoms with Crippen LogP contribution in [0.25, 0.3) is 27.8 Å². The third-order valence-corrected chi connectivity index (χ3v) is 5.98. The van der Waals surface area contributed by atoms with E-state index in [0.29, 0.717) is 11.8 Å². The summed E-state index contributed by atoms with van der Waals surface area (Å²) in [6.45, 7) is 8.73. The number of aryl methyl sites for hydroxylation is 1. The van der Waals surface area contributed by atoms with E-state index < -0.39 is 0 Å². The highest BCUT2D eigenvalue weighted by molar-refractivity contribution is 5.92. The van der Waals surface area contributed by atoms with Crippen LogP contribution >= 0.6 is 0 Å². The second-order valence-corrected chi connectivity index (χ2v) is 8.27. The van der Waals surface area contributed by atoms with Crippen LogP contribution in [0.4, 0.5) is 0 Å². The number of aromatic amines is 1. The first-order valence-corrected chi connectivity index (χ1v) is 10.3. The lowest BCUT2D eigenvalue weighted by atomic mass is 9.88. The van der Waals surface area contributed by atoms with E-state index in [9.17, 15) is 0 Å². The molecular weight excluding hydrogens is 346 g/mol. The van der Waals surface area contributed by atoms with Crippen molar-refractivity contribution in [1.82, 2.24) is 24.9 Å². The van der Waals surface area contributed by atoms with Crippen molar-refractivity contribution in [3.05, 3.63) is 53.5 Å². The van der Waals surface area contributed by atoms with Gasteiger partial charge in [0.15, 0.2) is 5.65 Å². The predicted molar refractivity (Wildman–Crippen MR) is 114 cm³/mol. The van der Waals surface area contributed by atoms with E-state index in [1.807, 2.05) is 17.6 Å². The number of aromatic nitrogens is 4. The Bertz CT molecular complexity index is 1140. The number of hydrogen-bond donors (Lipinski definition) is 2. The summed E-state index contributed by atoms with van der Waals surface area (Å²) in [5, 5.41) is 9.24. The molecule has 0 bridgehead atoms. The molecule has 0 amide bonds. The lowest BCUT2D eigenvalue weighted by Crippen LogP contribution is -2.26. The first-order valence-electron chi connectivity index (χ1n) is 10.3. The highest BCUT2D eigenvalue weighted by Crippen LogP contribution is 2.38. The molecule has 0 radical (unpaired) electrons. The summed E-state index contributed by atoms with van der Waals surface area (Å²) in [5.74, 6) is 1.90. The fourth-order valence-electron chi connectivity index (χ4n) is 4.62. The predicted octanol–water partition coefficient (Wildman–Crippen LogP) is 4.78. The first-order chi connectivity index (χ1) is 13.6. The van der Waals surface area contributed by atoms with Crippen molar-refractivity contribution in [3.63, 3.8) is 0 Å². The Morgan fingerprint density at radius 3 is 2.71 bits per heavy atom. The zero-order valence-electron chi connectivity index (χ0n) is 16.8. The van der Waals surface area contributed by atoms with Gasteiger partial charge in [0.2, 0.25) is 0 Å². The van der Waals surface area contributed by atoms with Crippen LogP contribution in [0.3, 0.4) is 0 Å². The molecule has 5 nitrogen and oxygen atoms in total. The third kappa shape index (κ3) is 2.90. The fourth-order valence-corrected chi connectivity index (χ4v) is 4.62. The Labute approximate surface area is 165 Å². The van der Waals surface area contributed by atoms with Crippen molar-refractivity contribution in [2.75, 3.05) is 13.1 Å². The van der Waals surface area contributed by atoms with E-state index in [2.05, 4.69) is 64.6 Å². The lowest BCUT2D eigenvalue weighted by molar-refractivity contribution is 0.460. The van der Waals surface area contributed by atoms with E-state index in [4.69, 9.17) is 0 Å². The topological polar surface area (TPSA) is 58.0 Å². The summed E-state index contributed by atoms with van der Waals surface area (Å²) in [6.07, 6.45) is 4.45. The highest BCUT2D eigenvalue weighted by Gasteiger charge is 2.20. The van der Waals surface area contributed by atoms with Crippen molar-refractivity contribution < 1.29 is 0 Å². The summed E-state index contributed by atoms with van der Waals surface area (Å²) < 4.78 is 1.84. The monoisotopic (exact) mass is 373 g/mol. The van der Waals surface area contributed by atoms with E-state index in [1.54, 1.807) is 0 Å². The molecular formula is C23H27N5. The number of pyridine rings is 1. The average Bonchev–Trinajstić information content (AvgIpc) is 3.26. The van der Waals surface area contributed by atoms with Gasteiger partial charge in [0, 0.05) is 22.7 Å². The molecule has 144 valence electrons. The Morgan fingerprint density at radius 2 is 1.93 bits per heavy atom. The van der Waals surface area contributed by atoms with Crippen molar-refractivity contribution in [1.29, 1.82) is 0 Å². The van der Waals surface area contributed by atoms with E-state index in [0.717, 1.165) is 24.6 Å². The number of H-pyrrole nitrogens is 1. The van der Waals surface area contributed by atoms with E-state index in [1.165, 1.54) is 46.1 Å². The molecule has 4 heterocycles. The van der Waals surface area contributed by atoms with Gasteiger partial charge in [-0.25, -0.2) is 9.50 Å². The largest absolute Gasteiger partial charge is 0.354 e. The minimum absolute atomic E-state index is 0.433. The third-order valence-electron chi connectivity index (χ3n) is 5.98. The molecule has 5 heteroatoms. The average molecular weight is 374 g/mol. The Hall–Kier alpha value is -2.66. The first kappa shape index (κ1) is 17.4. The molecule has 1 fully saturated rings. The van der Waals surface area contributed by atoms with Gasteiger partial charge in [-0.1, -0.05) is 19.9 Å². The quantitative estimate of drug-likeness (QED) is 0.543. The van der Waals surface area contributed by atoms with Gasteiger partial charge >= 0.3 is 0 Å². The highest BCUT2D eigenvalue weighted by atomic mass is 15.3. The molecule has 1 saturated heterocycles. The molecule has 2 N–H and O–H groups in total. The van der Waals surface area contributed by atoms with Crippen LogP contribution in [0.5, 0.6) is 0 Å². The summed E-state index contributed by atoms with van der Waals surface area (Å²) in [6, 6.07) is 11.3. The maximum absolute atomic E-state index is 4.54. The number of nitrogens with zero attached hydrogens (tertiary/aromatic N) is 3. The number of benzene rings is 1. The fraction of sp³-hybridized carbons (Fsp3) is 0.391. The number of fused-ring (bicyclic) bond motifs is 2. The Balaban J connectivity index is 1.66. The van der Waals surface area contributed by atoms with Crippen LogP contribution in [0.15, 0.2) is 36.5 Å². The van der Waals surface area contributed by atoms with Gasteiger partial charge < -0.3 is 10.3 Å². The summed E-state index contributed by atoms with van der Waals surface area (Å²) in [4.78, 5) is 8.23. The van der Waals surface area contributed by atoms with Gasteiger partial charge in [-0.2, -0.15) is 5.10 Å².